The van der Waals surface area contributed by atoms with Crippen molar-refractivity contribution in [3.05, 3.63) is 35.4 Å². The number of carbonyl (C=O) groups excluding carboxylic acids is 1. The van der Waals surface area contributed by atoms with E-state index in [9.17, 15) is 13.6 Å². The van der Waals surface area contributed by atoms with Crippen LogP contribution in [-0.2, 0) is 16.1 Å². The Morgan fingerprint density at radius 1 is 1.29 bits per heavy atom. The van der Waals surface area contributed by atoms with E-state index in [2.05, 4.69) is 5.32 Å². The highest BCUT2D eigenvalue weighted by Crippen LogP contribution is 2.29. The summed E-state index contributed by atoms with van der Waals surface area (Å²) in [6, 6.07) is 3.26. The van der Waals surface area contributed by atoms with E-state index in [-0.39, 0.29) is 12.5 Å². The molecule has 1 aromatic carbocycles. The molecule has 0 heterocycles. The maximum absolute atomic E-state index is 13.1. The number of likely N-dealkylation sites (N-methyl/N-ethyl adjacent to an activating group) is 1. The fourth-order valence-electron chi connectivity index (χ4n) is 2.85. The number of nitrogens with one attached hydrogen (secondary N) is 1. The van der Waals surface area contributed by atoms with E-state index in [4.69, 9.17) is 4.74 Å². The lowest BCUT2D eigenvalue weighted by Gasteiger charge is -2.20. The third-order valence-electron chi connectivity index (χ3n) is 3.93. The van der Waals surface area contributed by atoms with Crippen LogP contribution in [0.25, 0.3) is 0 Å². The summed E-state index contributed by atoms with van der Waals surface area (Å²) in [5, 5.41) is 2.59. The zero-order chi connectivity index (χ0) is 15.2. The molecule has 0 spiro atoms. The van der Waals surface area contributed by atoms with Crippen molar-refractivity contribution >= 4 is 5.91 Å². The third kappa shape index (κ3) is 4.77. The highest BCUT2D eigenvalue weighted by molar-refractivity contribution is 5.80. The molecule has 1 fully saturated rings. The van der Waals surface area contributed by atoms with Gasteiger partial charge in [0, 0.05) is 13.1 Å². The first-order valence-electron chi connectivity index (χ1n) is 7.36. The van der Waals surface area contributed by atoms with Crippen LogP contribution in [0.2, 0.25) is 0 Å². The summed E-state index contributed by atoms with van der Waals surface area (Å²) >= 11 is 0. The topological polar surface area (TPSA) is 38.3 Å². The summed E-state index contributed by atoms with van der Waals surface area (Å²) in [7, 11) is 1.56. The first-order valence-corrected chi connectivity index (χ1v) is 7.36. The van der Waals surface area contributed by atoms with E-state index < -0.39 is 17.7 Å². The Morgan fingerprint density at radius 3 is 2.48 bits per heavy atom. The van der Waals surface area contributed by atoms with Crippen LogP contribution in [0.3, 0.4) is 0 Å². The van der Waals surface area contributed by atoms with Crippen LogP contribution >= 0.6 is 0 Å². The van der Waals surface area contributed by atoms with Crippen LogP contribution < -0.4 is 5.32 Å². The van der Waals surface area contributed by atoms with Gasteiger partial charge in [0.05, 0.1) is 6.61 Å². The second kappa shape index (κ2) is 7.50. The Bertz CT molecular complexity index is 467. The summed E-state index contributed by atoms with van der Waals surface area (Å²) in [6.45, 7) is 0.0273. The Hall–Kier alpha value is -1.49. The van der Waals surface area contributed by atoms with Crippen molar-refractivity contribution in [1.29, 1.82) is 0 Å². The molecule has 1 aliphatic rings. The van der Waals surface area contributed by atoms with Crippen LogP contribution in [0, 0.1) is 17.6 Å². The second-order valence-corrected chi connectivity index (χ2v) is 5.58. The molecule has 0 radical (unpaired) electrons. The average Bonchev–Trinajstić information content (AvgIpc) is 2.94. The van der Waals surface area contributed by atoms with Gasteiger partial charge in [0.15, 0.2) is 0 Å². The fourth-order valence-corrected chi connectivity index (χ4v) is 2.85. The van der Waals surface area contributed by atoms with Crippen molar-refractivity contribution in [3.63, 3.8) is 0 Å². The van der Waals surface area contributed by atoms with Gasteiger partial charge in [-0.3, -0.25) is 4.79 Å². The fraction of sp³-hybridized carbons (Fsp3) is 0.562. The minimum absolute atomic E-state index is 0.0273. The number of amides is 1. The molecule has 3 nitrogen and oxygen atoms in total. The normalized spacial score (nSPS) is 16.9. The number of hydrogen-bond donors (Lipinski definition) is 1. The van der Waals surface area contributed by atoms with Crippen molar-refractivity contribution in [3.8, 4) is 0 Å². The van der Waals surface area contributed by atoms with Crippen LogP contribution in [0.1, 0.15) is 37.7 Å². The maximum Gasteiger partial charge on any atom is 0.248 e. The SMILES string of the molecule is CNC(=O)C(CC1CCCC1)OCc1cc(F)cc(F)c1. The molecule has 1 aliphatic carbocycles. The van der Waals surface area contributed by atoms with E-state index in [0.29, 0.717) is 17.9 Å². The van der Waals surface area contributed by atoms with Gasteiger partial charge in [-0.25, -0.2) is 8.78 Å². The van der Waals surface area contributed by atoms with Crippen molar-refractivity contribution < 1.29 is 18.3 Å². The second-order valence-electron chi connectivity index (χ2n) is 5.58. The van der Waals surface area contributed by atoms with Gasteiger partial charge in [-0.1, -0.05) is 25.7 Å². The van der Waals surface area contributed by atoms with Gasteiger partial charge in [0.25, 0.3) is 0 Å². The van der Waals surface area contributed by atoms with Gasteiger partial charge in [-0.2, -0.15) is 0 Å². The van der Waals surface area contributed by atoms with Crippen LogP contribution in [0.15, 0.2) is 18.2 Å². The van der Waals surface area contributed by atoms with Gasteiger partial charge < -0.3 is 10.1 Å². The molecular formula is C16H21F2NO2. The summed E-state index contributed by atoms with van der Waals surface area (Å²) in [4.78, 5) is 11.9. The number of hydrogen-bond acceptors (Lipinski definition) is 2. The molecule has 1 unspecified atom stereocenters. The van der Waals surface area contributed by atoms with Crippen LogP contribution in [0.5, 0.6) is 0 Å². The van der Waals surface area contributed by atoms with Crippen molar-refractivity contribution in [1.82, 2.24) is 5.32 Å². The van der Waals surface area contributed by atoms with Gasteiger partial charge in [-0.15, -0.1) is 0 Å². The lowest BCUT2D eigenvalue weighted by molar-refractivity contribution is -0.134. The number of halogens is 2. The molecule has 21 heavy (non-hydrogen) atoms. The summed E-state index contributed by atoms with van der Waals surface area (Å²) in [5.41, 5.74) is 0.396. The zero-order valence-corrected chi connectivity index (χ0v) is 12.2. The van der Waals surface area contributed by atoms with Crippen molar-refractivity contribution in [2.75, 3.05) is 7.05 Å². The van der Waals surface area contributed by atoms with Crippen LogP contribution in [-0.4, -0.2) is 19.1 Å². The van der Waals surface area contributed by atoms with E-state index >= 15 is 0 Å². The largest absolute Gasteiger partial charge is 0.364 e. The smallest absolute Gasteiger partial charge is 0.248 e. The van der Waals surface area contributed by atoms with Crippen LogP contribution in [0.4, 0.5) is 8.78 Å². The number of carbonyl (C=O) groups is 1. The molecule has 1 N–H and O–H groups in total. The first kappa shape index (κ1) is 15.9. The molecular weight excluding hydrogens is 276 g/mol. The Balaban J connectivity index is 1.95. The maximum atomic E-state index is 13.1. The van der Waals surface area contributed by atoms with Gasteiger partial charge in [0.1, 0.15) is 17.7 Å². The van der Waals surface area contributed by atoms with E-state index in [1.165, 1.54) is 25.0 Å². The average molecular weight is 297 g/mol. The minimum atomic E-state index is -0.638. The molecule has 116 valence electrons. The highest BCUT2D eigenvalue weighted by atomic mass is 19.1. The predicted octanol–water partition coefficient (Wildman–Crippen LogP) is 3.18. The monoisotopic (exact) mass is 297 g/mol. The standard InChI is InChI=1S/C16H21F2NO2/c1-19-16(20)15(8-11-4-2-3-5-11)21-10-12-6-13(17)9-14(18)7-12/h6-7,9,11,15H,2-5,8,10H2,1H3,(H,19,20). The molecule has 5 heteroatoms. The molecule has 2 rings (SSSR count). The highest BCUT2D eigenvalue weighted by Gasteiger charge is 2.25. The van der Waals surface area contributed by atoms with E-state index in [0.717, 1.165) is 18.9 Å². The lowest BCUT2D eigenvalue weighted by atomic mass is 9.99. The Morgan fingerprint density at radius 2 is 1.90 bits per heavy atom. The molecule has 1 aromatic rings. The molecule has 0 bridgehead atoms. The molecule has 1 atom stereocenters. The number of rotatable bonds is 6. The molecule has 0 aromatic heterocycles. The van der Waals surface area contributed by atoms with E-state index in [1.807, 2.05) is 0 Å². The van der Waals surface area contributed by atoms with Crippen molar-refractivity contribution in [2.24, 2.45) is 5.92 Å². The third-order valence-corrected chi connectivity index (χ3v) is 3.93. The quantitative estimate of drug-likeness (QED) is 0.876. The van der Waals surface area contributed by atoms with Gasteiger partial charge >= 0.3 is 0 Å². The molecule has 0 aliphatic heterocycles. The summed E-state index contributed by atoms with van der Waals surface area (Å²) < 4.78 is 31.9. The number of benzene rings is 1. The van der Waals surface area contributed by atoms with Gasteiger partial charge in [0.2, 0.25) is 5.91 Å². The summed E-state index contributed by atoms with van der Waals surface area (Å²) in [6.07, 6.45) is 4.72. The molecule has 1 saturated carbocycles. The van der Waals surface area contributed by atoms with Gasteiger partial charge in [-0.05, 0) is 30.0 Å². The first-order chi connectivity index (χ1) is 10.1. The Kier molecular flexibility index (Phi) is 5.67. The minimum Gasteiger partial charge on any atom is -0.364 e. The predicted molar refractivity (Wildman–Crippen MR) is 75.6 cm³/mol. The number of ether oxygens (including phenoxy) is 1. The van der Waals surface area contributed by atoms with E-state index in [1.54, 1.807) is 7.05 Å². The Labute approximate surface area is 123 Å². The summed E-state index contributed by atoms with van der Waals surface area (Å²) in [5.74, 6) is -0.961. The zero-order valence-electron chi connectivity index (χ0n) is 12.2. The molecule has 1 amide bonds. The molecule has 0 saturated heterocycles. The lowest BCUT2D eigenvalue weighted by Crippen LogP contribution is -2.35. The van der Waals surface area contributed by atoms with Crippen molar-refractivity contribution in [2.45, 2.75) is 44.8 Å².